The summed E-state index contributed by atoms with van der Waals surface area (Å²) in [6.45, 7) is 1.36. The highest BCUT2D eigenvalue weighted by atomic mass is 16.5. The van der Waals surface area contributed by atoms with E-state index in [9.17, 15) is 10.1 Å². The van der Waals surface area contributed by atoms with Crippen LogP contribution in [0.3, 0.4) is 0 Å². The Bertz CT molecular complexity index is 941. The first kappa shape index (κ1) is 16.1. The molecule has 3 rings (SSSR count). The van der Waals surface area contributed by atoms with Crippen LogP contribution in [0, 0.1) is 11.3 Å². The van der Waals surface area contributed by atoms with E-state index in [-0.39, 0.29) is 28.9 Å². The second-order valence-electron chi connectivity index (χ2n) is 5.26. The minimum atomic E-state index is -0.293. The number of amides is 1. The number of nitrogens with two attached hydrogens (primary N) is 1. The predicted molar refractivity (Wildman–Crippen MR) is 93.5 cm³/mol. The second-order valence-corrected chi connectivity index (χ2v) is 5.26. The normalized spacial score (nSPS) is 10.1. The van der Waals surface area contributed by atoms with Gasteiger partial charge < -0.3 is 20.4 Å². The third-order valence-electron chi connectivity index (χ3n) is 3.39. The molecule has 0 aliphatic carbocycles. The molecule has 0 saturated carbocycles. The van der Waals surface area contributed by atoms with Gasteiger partial charge in [0, 0.05) is 31.1 Å². The number of anilines is 2. The number of aromatic nitrogens is 2. The summed E-state index contributed by atoms with van der Waals surface area (Å²) in [7, 11) is 0. The summed E-state index contributed by atoms with van der Waals surface area (Å²) < 4.78 is 7.66. The fourth-order valence-corrected chi connectivity index (χ4v) is 2.28. The number of carbonyl (C=O) groups is 1. The van der Waals surface area contributed by atoms with E-state index in [0.29, 0.717) is 5.75 Å². The van der Waals surface area contributed by atoms with E-state index < -0.39 is 0 Å². The summed E-state index contributed by atoms with van der Waals surface area (Å²) in [6, 6.07) is 14.5. The molecular weight excluding hydrogens is 318 g/mol. The number of nitrogens with one attached hydrogen (secondary N) is 1. The minimum Gasteiger partial charge on any atom is -0.438 e. The molecule has 0 atom stereocenters. The van der Waals surface area contributed by atoms with Gasteiger partial charge in [0.05, 0.1) is 5.69 Å². The number of rotatable bonds is 4. The van der Waals surface area contributed by atoms with E-state index in [1.807, 2.05) is 47.3 Å². The molecule has 0 radical (unpaired) electrons. The zero-order chi connectivity index (χ0) is 17.8. The number of hydrogen-bond donors (Lipinski definition) is 2. The summed E-state index contributed by atoms with van der Waals surface area (Å²) in [5, 5.41) is 11.8. The van der Waals surface area contributed by atoms with Crippen LogP contribution < -0.4 is 15.8 Å². The predicted octanol–water partition coefficient (Wildman–Crippen LogP) is 3.08. The van der Waals surface area contributed by atoms with Gasteiger partial charge in [-0.2, -0.15) is 10.2 Å². The van der Waals surface area contributed by atoms with Crippen molar-refractivity contribution in [1.29, 1.82) is 5.26 Å². The third kappa shape index (κ3) is 3.59. The van der Waals surface area contributed by atoms with Crippen molar-refractivity contribution >= 4 is 17.4 Å². The van der Waals surface area contributed by atoms with E-state index >= 15 is 0 Å². The second kappa shape index (κ2) is 6.76. The molecule has 7 nitrogen and oxygen atoms in total. The average Bonchev–Trinajstić information content (AvgIpc) is 3.09. The molecule has 0 unspecified atom stereocenters. The van der Waals surface area contributed by atoms with Crippen molar-refractivity contribution in [2.24, 2.45) is 0 Å². The Morgan fingerprint density at radius 3 is 2.56 bits per heavy atom. The lowest BCUT2D eigenvalue weighted by Gasteiger charge is -2.11. The molecule has 0 aliphatic heterocycles. The van der Waals surface area contributed by atoms with Crippen molar-refractivity contribution in [3.8, 4) is 23.4 Å². The van der Waals surface area contributed by atoms with E-state index in [1.54, 1.807) is 12.1 Å². The highest BCUT2D eigenvalue weighted by Crippen LogP contribution is 2.29. The van der Waals surface area contributed by atoms with Crippen molar-refractivity contribution in [1.82, 2.24) is 9.55 Å². The lowest BCUT2D eigenvalue weighted by atomic mass is 10.2. The molecule has 1 amide bonds. The van der Waals surface area contributed by atoms with E-state index in [0.717, 1.165) is 5.69 Å². The highest BCUT2D eigenvalue weighted by Gasteiger charge is 2.14. The van der Waals surface area contributed by atoms with Crippen LogP contribution in [0.1, 0.15) is 12.5 Å². The Labute approximate surface area is 144 Å². The van der Waals surface area contributed by atoms with Gasteiger partial charge in [0.2, 0.25) is 11.8 Å². The number of ether oxygens (including phenoxy) is 1. The molecule has 0 spiro atoms. The summed E-state index contributed by atoms with van der Waals surface area (Å²) in [5.74, 6) is 0.473. The fourth-order valence-electron chi connectivity index (χ4n) is 2.28. The third-order valence-corrected chi connectivity index (χ3v) is 3.39. The quantitative estimate of drug-likeness (QED) is 0.763. The monoisotopic (exact) mass is 333 g/mol. The summed E-state index contributed by atoms with van der Waals surface area (Å²) in [6.07, 6.45) is 3.87. The maximum atomic E-state index is 11.2. The fraction of sp³-hybridized carbons (Fsp3) is 0.0556. The molecule has 0 fully saturated rings. The maximum absolute atomic E-state index is 11.2. The van der Waals surface area contributed by atoms with Crippen LogP contribution in [-0.4, -0.2) is 15.5 Å². The Kier molecular flexibility index (Phi) is 4.35. The number of nitrogen functional groups attached to an aromatic ring is 1. The van der Waals surface area contributed by atoms with Crippen LogP contribution in [0.5, 0.6) is 11.6 Å². The van der Waals surface area contributed by atoms with Gasteiger partial charge in [0.1, 0.15) is 23.2 Å². The molecule has 124 valence electrons. The smallest absolute Gasteiger partial charge is 0.241 e. The Hall–Kier alpha value is -3.79. The molecule has 2 aromatic heterocycles. The number of carbonyl (C=O) groups excluding carboxylic acids is 1. The van der Waals surface area contributed by atoms with Gasteiger partial charge in [-0.25, -0.2) is 0 Å². The van der Waals surface area contributed by atoms with Gasteiger partial charge in [-0.3, -0.25) is 4.79 Å². The van der Waals surface area contributed by atoms with Gasteiger partial charge in [-0.1, -0.05) is 0 Å². The minimum absolute atomic E-state index is 0.0416. The average molecular weight is 333 g/mol. The number of nitriles is 1. The molecule has 0 aliphatic rings. The number of benzene rings is 1. The van der Waals surface area contributed by atoms with Gasteiger partial charge in [0.25, 0.3) is 0 Å². The number of pyridine rings is 1. The van der Waals surface area contributed by atoms with Crippen molar-refractivity contribution in [2.75, 3.05) is 11.1 Å². The first-order chi connectivity index (χ1) is 12.1. The van der Waals surface area contributed by atoms with Crippen LogP contribution in [-0.2, 0) is 4.79 Å². The summed E-state index contributed by atoms with van der Waals surface area (Å²) >= 11 is 0. The Morgan fingerprint density at radius 2 is 1.96 bits per heavy atom. The van der Waals surface area contributed by atoms with Crippen molar-refractivity contribution < 1.29 is 9.53 Å². The van der Waals surface area contributed by atoms with Gasteiger partial charge in [0.15, 0.2) is 0 Å². The molecule has 1 aromatic carbocycles. The SMILES string of the molecule is CC(=O)Nc1cc(N)c(C#N)c(Oc2ccc(-n3cccc3)cc2)n1. The van der Waals surface area contributed by atoms with Crippen LogP contribution in [0.15, 0.2) is 54.9 Å². The molecule has 25 heavy (non-hydrogen) atoms. The van der Waals surface area contributed by atoms with E-state index in [1.165, 1.54) is 13.0 Å². The zero-order valence-electron chi connectivity index (χ0n) is 13.4. The van der Waals surface area contributed by atoms with Crippen LogP contribution in [0.2, 0.25) is 0 Å². The van der Waals surface area contributed by atoms with Gasteiger partial charge >= 0.3 is 0 Å². The highest BCUT2D eigenvalue weighted by molar-refractivity contribution is 5.88. The molecular formula is C18H15N5O2. The van der Waals surface area contributed by atoms with Crippen LogP contribution in [0.25, 0.3) is 5.69 Å². The zero-order valence-corrected chi connectivity index (χ0v) is 13.4. The van der Waals surface area contributed by atoms with Crippen molar-refractivity contribution in [3.05, 3.63) is 60.4 Å². The number of nitrogens with zero attached hydrogens (tertiary/aromatic N) is 3. The maximum Gasteiger partial charge on any atom is 0.241 e. The molecule has 7 heteroatoms. The first-order valence-electron chi connectivity index (χ1n) is 7.46. The van der Waals surface area contributed by atoms with Gasteiger partial charge in [-0.05, 0) is 36.4 Å². The molecule has 3 aromatic rings. The first-order valence-corrected chi connectivity index (χ1v) is 7.46. The molecule has 0 bridgehead atoms. The topological polar surface area (TPSA) is 106 Å². The Balaban J connectivity index is 1.90. The molecule has 0 saturated heterocycles. The van der Waals surface area contributed by atoms with Crippen molar-refractivity contribution in [3.63, 3.8) is 0 Å². The van der Waals surface area contributed by atoms with E-state index in [2.05, 4.69) is 10.3 Å². The number of hydrogen-bond acceptors (Lipinski definition) is 5. The van der Waals surface area contributed by atoms with Crippen molar-refractivity contribution in [2.45, 2.75) is 6.92 Å². The molecule has 3 N–H and O–H groups in total. The van der Waals surface area contributed by atoms with Crippen LogP contribution >= 0.6 is 0 Å². The van der Waals surface area contributed by atoms with Crippen LogP contribution in [0.4, 0.5) is 11.5 Å². The lowest BCUT2D eigenvalue weighted by molar-refractivity contribution is -0.114. The van der Waals surface area contributed by atoms with Gasteiger partial charge in [-0.15, -0.1) is 0 Å². The van der Waals surface area contributed by atoms with E-state index in [4.69, 9.17) is 10.5 Å². The summed E-state index contributed by atoms with van der Waals surface area (Å²) in [5.41, 5.74) is 7.12. The summed E-state index contributed by atoms with van der Waals surface area (Å²) in [4.78, 5) is 15.3. The lowest BCUT2D eigenvalue weighted by Crippen LogP contribution is -2.09. The Morgan fingerprint density at radius 1 is 1.28 bits per heavy atom. The molecule has 2 heterocycles. The standard InChI is InChI=1S/C18H15N5O2/c1-12(24)21-17-10-16(20)15(11-19)18(22-17)25-14-6-4-13(5-7-14)23-8-2-3-9-23/h2-10H,1H3,(H3,20,21,22,24). The largest absolute Gasteiger partial charge is 0.438 e.